The number of pyridine rings is 1. The molecular weight excluding hydrogens is 553 g/mol. The molecule has 0 saturated heterocycles. The van der Waals surface area contributed by atoms with Gasteiger partial charge < -0.3 is 10.6 Å². The Labute approximate surface area is 239 Å². The third-order valence-electron chi connectivity index (χ3n) is 6.05. The molecule has 0 aliphatic heterocycles. The van der Waals surface area contributed by atoms with Crippen molar-refractivity contribution in [2.24, 2.45) is 0 Å². The van der Waals surface area contributed by atoms with Crippen molar-refractivity contribution < 1.29 is 9.59 Å². The van der Waals surface area contributed by atoms with E-state index in [9.17, 15) is 9.59 Å². The molecule has 2 N–H and O–H groups in total. The Morgan fingerprint density at radius 2 is 1.79 bits per heavy atom. The molecule has 39 heavy (non-hydrogen) atoms. The second kappa shape index (κ2) is 11.8. The Kier molecular flexibility index (Phi) is 8.07. The van der Waals surface area contributed by atoms with Crippen molar-refractivity contribution >= 4 is 46.4 Å². The Hall–Kier alpha value is -3.98. The van der Waals surface area contributed by atoms with Crippen LogP contribution in [0.25, 0.3) is 27.5 Å². The number of hydrogen-bond acceptors (Lipinski definition) is 5. The molecule has 0 saturated carbocycles. The topological polar surface area (TPSA) is 88.9 Å². The molecule has 0 spiro atoms. The minimum Gasteiger partial charge on any atom is -0.357 e. The minimum absolute atomic E-state index is 0.261. The summed E-state index contributed by atoms with van der Waals surface area (Å²) in [7, 11) is 1.56. The third kappa shape index (κ3) is 6.04. The monoisotopic (exact) mass is 575 g/mol. The van der Waals surface area contributed by atoms with Gasteiger partial charge in [-0.2, -0.15) is 5.10 Å². The number of nitrogens with zero attached hydrogens (tertiary/aromatic N) is 3. The van der Waals surface area contributed by atoms with Crippen LogP contribution >= 0.6 is 34.5 Å². The van der Waals surface area contributed by atoms with Crippen LogP contribution in [-0.2, 0) is 11.2 Å². The summed E-state index contributed by atoms with van der Waals surface area (Å²) < 4.78 is 1.76. The van der Waals surface area contributed by atoms with Crippen LogP contribution in [0.15, 0.2) is 91.3 Å². The first-order valence-electron chi connectivity index (χ1n) is 12.1. The lowest BCUT2D eigenvalue weighted by Crippen LogP contribution is -2.46. The molecule has 5 rings (SSSR count). The number of nitrogens with one attached hydrogen (secondary N) is 2. The van der Waals surface area contributed by atoms with Crippen molar-refractivity contribution in [3.05, 3.63) is 112 Å². The first kappa shape index (κ1) is 26.6. The number of carbonyl (C=O) groups is 2. The second-order valence-corrected chi connectivity index (χ2v) is 10.6. The molecule has 10 heteroatoms. The maximum Gasteiger partial charge on any atom is 0.262 e. The fraction of sp³-hybridized carbons (Fsp3) is 0.103. The highest BCUT2D eigenvalue weighted by Crippen LogP contribution is 2.34. The van der Waals surface area contributed by atoms with Crippen LogP contribution in [0.4, 0.5) is 0 Å². The van der Waals surface area contributed by atoms with E-state index in [0.29, 0.717) is 27.0 Å². The average molecular weight is 577 g/mol. The van der Waals surface area contributed by atoms with Gasteiger partial charge in [-0.05, 0) is 54.1 Å². The number of amides is 2. The lowest BCUT2D eigenvalue weighted by molar-refractivity contribution is -0.122. The van der Waals surface area contributed by atoms with E-state index in [0.717, 1.165) is 27.4 Å². The quantitative estimate of drug-likeness (QED) is 0.235. The molecule has 0 radical (unpaired) electrons. The predicted octanol–water partition coefficient (Wildman–Crippen LogP) is 6.06. The van der Waals surface area contributed by atoms with Crippen molar-refractivity contribution in [1.29, 1.82) is 0 Å². The molecule has 0 bridgehead atoms. The van der Waals surface area contributed by atoms with Crippen molar-refractivity contribution in [3.63, 3.8) is 0 Å². The zero-order chi connectivity index (χ0) is 27.4. The van der Waals surface area contributed by atoms with Crippen molar-refractivity contribution in [1.82, 2.24) is 25.4 Å². The van der Waals surface area contributed by atoms with E-state index in [4.69, 9.17) is 28.3 Å². The molecule has 1 atom stereocenters. The van der Waals surface area contributed by atoms with Crippen LogP contribution < -0.4 is 10.6 Å². The van der Waals surface area contributed by atoms with Gasteiger partial charge in [0, 0.05) is 31.4 Å². The number of benzene rings is 2. The number of likely N-dealkylation sites (N-methyl/N-ethyl adjacent to an activating group) is 1. The molecule has 7 nitrogen and oxygen atoms in total. The fourth-order valence-corrected chi connectivity index (χ4v) is 5.29. The first-order valence-corrected chi connectivity index (χ1v) is 13.6. The molecule has 3 heterocycles. The second-order valence-electron chi connectivity index (χ2n) is 8.66. The summed E-state index contributed by atoms with van der Waals surface area (Å²) in [6, 6.07) is 23.5. The summed E-state index contributed by atoms with van der Waals surface area (Å²) in [6.45, 7) is 0. The van der Waals surface area contributed by atoms with E-state index in [-0.39, 0.29) is 11.8 Å². The number of carbonyl (C=O) groups excluding carboxylic acids is 2. The number of hydrogen-bond donors (Lipinski definition) is 2. The van der Waals surface area contributed by atoms with Crippen LogP contribution in [0, 0.1) is 0 Å². The van der Waals surface area contributed by atoms with Crippen LogP contribution in [-0.4, -0.2) is 39.7 Å². The third-order valence-corrected chi connectivity index (χ3v) is 7.89. The maximum atomic E-state index is 13.2. The van der Waals surface area contributed by atoms with E-state index in [1.54, 1.807) is 42.3 Å². The molecule has 2 aromatic carbocycles. The van der Waals surface area contributed by atoms with Gasteiger partial charge in [-0.3, -0.25) is 14.6 Å². The number of rotatable bonds is 8. The minimum atomic E-state index is -0.714. The van der Waals surface area contributed by atoms with Gasteiger partial charge >= 0.3 is 0 Å². The highest BCUT2D eigenvalue weighted by molar-refractivity contribution is 7.17. The van der Waals surface area contributed by atoms with Crippen LogP contribution in [0.3, 0.4) is 0 Å². The first-order chi connectivity index (χ1) is 18.9. The highest BCUT2D eigenvalue weighted by atomic mass is 35.5. The molecule has 196 valence electrons. The Morgan fingerprint density at radius 1 is 0.974 bits per heavy atom. The molecule has 0 unspecified atom stereocenters. The SMILES string of the molecule is CNC(=O)[C@H](Cc1ccccc1)NC(=O)c1ccc(-c2cc(-c3cccnc3)nn2-c2ccc(Cl)c(Cl)c2)s1. The van der Waals surface area contributed by atoms with Gasteiger partial charge in [-0.15, -0.1) is 11.3 Å². The Morgan fingerprint density at radius 3 is 2.51 bits per heavy atom. The highest BCUT2D eigenvalue weighted by Gasteiger charge is 2.23. The summed E-state index contributed by atoms with van der Waals surface area (Å²) in [5.41, 5.74) is 4.00. The van der Waals surface area contributed by atoms with E-state index < -0.39 is 6.04 Å². The zero-order valence-electron chi connectivity index (χ0n) is 20.8. The number of thiophene rings is 1. The van der Waals surface area contributed by atoms with Gasteiger partial charge in [0.05, 0.1) is 36.9 Å². The maximum absolute atomic E-state index is 13.2. The van der Waals surface area contributed by atoms with Crippen LogP contribution in [0.2, 0.25) is 10.0 Å². The van der Waals surface area contributed by atoms with E-state index in [1.165, 1.54) is 11.3 Å². The summed E-state index contributed by atoms with van der Waals surface area (Å²) in [5.74, 6) is -0.591. The summed E-state index contributed by atoms with van der Waals surface area (Å²) in [4.78, 5) is 31.3. The zero-order valence-corrected chi connectivity index (χ0v) is 23.1. The average Bonchev–Trinajstić information content (AvgIpc) is 3.63. The number of halogens is 2. The van der Waals surface area contributed by atoms with Gasteiger partial charge in [0.2, 0.25) is 5.91 Å². The Balaban J connectivity index is 1.46. The number of aromatic nitrogens is 3. The standard InChI is InChI=1S/C29H23Cl2N5O2S/c1-32-28(37)24(14-18-6-3-2-4-7-18)34-29(38)27-12-11-26(39-27)25-16-23(19-8-5-13-33-17-19)35-36(25)20-9-10-21(30)22(31)15-20/h2-13,15-17,24H,14H2,1H3,(H,32,37)(H,34,38)/t24-/m0/s1. The summed E-state index contributed by atoms with van der Waals surface area (Å²) >= 11 is 13.8. The van der Waals surface area contributed by atoms with Gasteiger partial charge in [-0.25, -0.2) is 4.68 Å². The van der Waals surface area contributed by atoms with E-state index in [1.807, 2.05) is 60.7 Å². The lowest BCUT2D eigenvalue weighted by atomic mass is 10.1. The van der Waals surface area contributed by atoms with Gasteiger partial charge in [0.25, 0.3) is 5.91 Å². The molecule has 5 aromatic rings. The van der Waals surface area contributed by atoms with Gasteiger partial charge in [0.1, 0.15) is 6.04 Å². The molecular formula is C29H23Cl2N5O2S. The van der Waals surface area contributed by atoms with E-state index >= 15 is 0 Å². The van der Waals surface area contributed by atoms with Crippen molar-refractivity contribution in [3.8, 4) is 27.5 Å². The summed E-state index contributed by atoms with van der Waals surface area (Å²) in [6.07, 6.45) is 3.82. The largest absolute Gasteiger partial charge is 0.357 e. The predicted molar refractivity (Wildman–Crippen MR) is 156 cm³/mol. The van der Waals surface area contributed by atoms with Gasteiger partial charge in [0.15, 0.2) is 0 Å². The van der Waals surface area contributed by atoms with Crippen molar-refractivity contribution in [2.75, 3.05) is 7.05 Å². The van der Waals surface area contributed by atoms with Crippen LogP contribution in [0.1, 0.15) is 15.2 Å². The lowest BCUT2D eigenvalue weighted by Gasteiger charge is -2.17. The Bertz CT molecular complexity index is 1620. The van der Waals surface area contributed by atoms with Gasteiger partial charge in [-0.1, -0.05) is 53.5 Å². The van der Waals surface area contributed by atoms with Crippen LogP contribution in [0.5, 0.6) is 0 Å². The van der Waals surface area contributed by atoms with Crippen molar-refractivity contribution in [2.45, 2.75) is 12.5 Å². The smallest absolute Gasteiger partial charge is 0.262 e. The normalized spacial score (nSPS) is 11.7. The molecule has 3 aromatic heterocycles. The molecule has 0 aliphatic rings. The molecule has 0 fully saturated rings. The molecule has 0 aliphatic carbocycles. The fourth-order valence-electron chi connectivity index (χ4n) is 4.09. The van der Waals surface area contributed by atoms with E-state index in [2.05, 4.69) is 15.6 Å². The molecule has 2 amide bonds. The summed E-state index contributed by atoms with van der Waals surface area (Å²) in [5, 5.41) is 11.2.